The first-order valence-corrected chi connectivity index (χ1v) is 9.75. The quantitative estimate of drug-likeness (QED) is 0.383. The summed E-state index contributed by atoms with van der Waals surface area (Å²) in [5.41, 5.74) is 0.426. The number of aliphatic carboxylic acids is 1. The highest BCUT2D eigenvalue weighted by Gasteiger charge is 2.35. The van der Waals surface area contributed by atoms with Crippen molar-refractivity contribution < 1.29 is 29.0 Å². The molecule has 160 valence electrons. The van der Waals surface area contributed by atoms with Crippen molar-refractivity contribution in [3.63, 3.8) is 0 Å². The van der Waals surface area contributed by atoms with Gasteiger partial charge in [0.15, 0.2) is 16.6 Å². The van der Waals surface area contributed by atoms with Crippen LogP contribution in [0.1, 0.15) is 5.56 Å². The minimum atomic E-state index is -1.39. The Labute approximate surface area is 191 Å². The van der Waals surface area contributed by atoms with Crippen LogP contribution < -0.4 is 24.8 Å². The average molecular weight is 480 g/mol. The van der Waals surface area contributed by atoms with E-state index in [0.29, 0.717) is 5.56 Å². The maximum Gasteiger partial charge on any atom is 0.270 e. The lowest BCUT2D eigenvalue weighted by molar-refractivity contribution is -0.307. The van der Waals surface area contributed by atoms with E-state index in [4.69, 9.17) is 44.9 Å². The zero-order valence-corrected chi connectivity index (χ0v) is 18.1. The van der Waals surface area contributed by atoms with E-state index >= 15 is 0 Å². The lowest BCUT2D eigenvalue weighted by Crippen LogP contribution is -2.54. The van der Waals surface area contributed by atoms with Crippen molar-refractivity contribution in [2.75, 3.05) is 18.6 Å². The van der Waals surface area contributed by atoms with Crippen molar-refractivity contribution in [3.05, 3.63) is 57.6 Å². The van der Waals surface area contributed by atoms with E-state index < -0.39 is 24.4 Å². The fourth-order valence-corrected chi connectivity index (χ4v) is 3.39. The molecule has 2 aromatic carbocycles. The monoisotopic (exact) mass is 479 g/mol. The third kappa shape index (κ3) is 4.79. The highest BCUT2D eigenvalue weighted by atomic mass is 35.5. The van der Waals surface area contributed by atoms with Crippen LogP contribution in [-0.2, 0) is 14.4 Å². The van der Waals surface area contributed by atoms with Crippen molar-refractivity contribution in [2.45, 2.75) is 0 Å². The van der Waals surface area contributed by atoms with Crippen LogP contribution in [0.4, 0.5) is 5.69 Å². The van der Waals surface area contributed by atoms with E-state index in [1.165, 1.54) is 31.4 Å². The van der Waals surface area contributed by atoms with Gasteiger partial charge in [0.2, 0.25) is 0 Å². The molecule has 1 heterocycles. The Balaban J connectivity index is 1.98. The SMILES string of the molecule is COc1cc(/C=C2/C(=O)NC(=S)N(c3cccc(Cl)c3Cl)C2=O)ccc1OCC(=O)[O-]. The fraction of sp³-hybridized carbons (Fsp3) is 0.100. The third-order valence-corrected chi connectivity index (χ3v) is 5.21. The molecule has 3 rings (SSSR count). The van der Waals surface area contributed by atoms with Crippen LogP contribution in [0.3, 0.4) is 0 Å². The third-order valence-electron chi connectivity index (χ3n) is 4.12. The molecular weight excluding hydrogens is 467 g/mol. The summed E-state index contributed by atoms with van der Waals surface area (Å²) in [5, 5.41) is 13.2. The summed E-state index contributed by atoms with van der Waals surface area (Å²) in [4.78, 5) is 37.2. The summed E-state index contributed by atoms with van der Waals surface area (Å²) in [6.07, 6.45) is 1.33. The van der Waals surface area contributed by atoms with Gasteiger partial charge in [-0.3, -0.25) is 19.8 Å². The number of hydrogen-bond donors (Lipinski definition) is 1. The van der Waals surface area contributed by atoms with Crippen molar-refractivity contribution in [3.8, 4) is 11.5 Å². The predicted octanol–water partition coefficient (Wildman–Crippen LogP) is 1.96. The lowest BCUT2D eigenvalue weighted by atomic mass is 10.1. The van der Waals surface area contributed by atoms with Gasteiger partial charge >= 0.3 is 0 Å². The van der Waals surface area contributed by atoms with Crippen LogP contribution in [-0.4, -0.2) is 36.6 Å². The second-order valence-corrected chi connectivity index (χ2v) is 7.27. The summed E-state index contributed by atoms with van der Waals surface area (Å²) in [6.45, 7) is -0.662. The zero-order valence-electron chi connectivity index (χ0n) is 15.8. The molecule has 31 heavy (non-hydrogen) atoms. The zero-order chi connectivity index (χ0) is 22.7. The smallest absolute Gasteiger partial charge is 0.270 e. The molecule has 0 radical (unpaired) electrons. The second-order valence-electron chi connectivity index (χ2n) is 6.10. The topological polar surface area (TPSA) is 108 Å². The van der Waals surface area contributed by atoms with Gasteiger partial charge in [-0.05, 0) is 48.1 Å². The highest BCUT2D eigenvalue weighted by Crippen LogP contribution is 2.35. The van der Waals surface area contributed by atoms with Crippen LogP contribution in [0.15, 0.2) is 42.0 Å². The number of carboxylic acids is 1. The van der Waals surface area contributed by atoms with Crippen molar-refractivity contribution in [2.24, 2.45) is 0 Å². The molecule has 0 spiro atoms. The number of methoxy groups -OCH3 is 1. The molecule has 2 aromatic rings. The van der Waals surface area contributed by atoms with Gasteiger partial charge in [-0.2, -0.15) is 0 Å². The van der Waals surface area contributed by atoms with Crippen LogP contribution in [0, 0.1) is 0 Å². The second kappa shape index (κ2) is 9.34. The number of nitrogens with one attached hydrogen (secondary N) is 1. The Bertz CT molecular complexity index is 1130. The number of benzene rings is 2. The molecule has 1 saturated heterocycles. The van der Waals surface area contributed by atoms with Gasteiger partial charge < -0.3 is 19.4 Å². The molecule has 0 saturated carbocycles. The van der Waals surface area contributed by atoms with Crippen LogP contribution >= 0.6 is 35.4 Å². The Morgan fingerprint density at radius 2 is 1.97 bits per heavy atom. The molecule has 0 aliphatic carbocycles. The number of anilines is 1. The molecule has 1 aliphatic heterocycles. The van der Waals surface area contributed by atoms with E-state index in [1.807, 2.05) is 0 Å². The minimum absolute atomic E-state index is 0.103. The number of nitrogens with zero attached hydrogens (tertiary/aromatic N) is 1. The maximum absolute atomic E-state index is 13.1. The summed E-state index contributed by atoms with van der Waals surface area (Å²) >= 11 is 17.4. The van der Waals surface area contributed by atoms with Gasteiger partial charge in [0.1, 0.15) is 12.2 Å². The normalized spacial score (nSPS) is 15.1. The molecule has 0 aromatic heterocycles. The number of amides is 2. The van der Waals surface area contributed by atoms with Crippen molar-refractivity contribution >= 4 is 70.1 Å². The first kappa shape index (κ1) is 22.5. The molecule has 1 fully saturated rings. The number of carbonyl (C=O) groups excluding carboxylic acids is 3. The number of halogens is 2. The molecule has 0 unspecified atom stereocenters. The molecule has 2 amide bonds. The first-order valence-electron chi connectivity index (χ1n) is 8.59. The molecular formula is C20H13Cl2N2O6S-. The first-order chi connectivity index (χ1) is 14.7. The molecule has 8 nitrogen and oxygen atoms in total. The van der Waals surface area contributed by atoms with E-state index in [-0.39, 0.29) is 37.9 Å². The summed E-state index contributed by atoms with van der Waals surface area (Å²) in [6, 6.07) is 9.12. The number of thiocarbonyl (C=S) groups is 1. The van der Waals surface area contributed by atoms with Crippen LogP contribution in [0.25, 0.3) is 6.08 Å². The largest absolute Gasteiger partial charge is 0.546 e. The summed E-state index contributed by atoms with van der Waals surface area (Å²) in [7, 11) is 1.36. The van der Waals surface area contributed by atoms with Crippen molar-refractivity contribution in [1.82, 2.24) is 5.32 Å². The predicted molar refractivity (Wildman–Crippen MR) is 116 cm³/mol. The van der Waals surface area contributed by atoms with Gasteiger partial charge in [0, 0.05) is 0 Å². The highest BCUT2D eigenvalue weighted by molar-refractivity contribution is 7.80. The lowest BCUT2D eigenvalue weighted by Gasteiger charge is -2.29. The standard InChI is InChI=1S/C20H14Cl2N2O6S/c1-29-15-8-10(5-6-14(15)30-9-16(25)26)7-11-18(27)23-20(31)24(19(11)28)13-4-2-3-12(21)17(13)22/h2-8H,9H2,1H3,(H,25,26)(H,23,27,31)/p-1/b11-7-. The number of carbonyl (C=O) groups is 3. The van der Waals surface area contributed by atoms with Gasteiger partial charge in [-0.25, -0.2) is 0 Å². The molecule has 11 heteroatoms. The summed E-state index contributed by atoms with van der Waals surface area (Å²) < 4.78 is 10.3. The van der Waals surface area contributed by atoms with E-state index in [0.717, 1.165) is 4.90 Å². The van der Waals surface area contributed by atoms with Crippen molar-refractivity contribution in [1.29, 1.82) is 0 Å². The maximum atomic E-state index is 13.1. The average Bonchev–Trinajstić information content (AvgIpc) is 2.72. The Morgan fingerprint density at radius 3 is 2.65 bits per heavy atom. The molecule has 1 N–H and O–H groups in total. The summed E-state index contributed by atoms with van der Waals surface area (Å²) in [5.74, 6) is -2.44. The Kier molecular flexibility index (Phi) is 6.79. The Morgan fingerprint density at radius 1 is 1.23 bits per heavy atom. The number of ether oxygens (including phenoxy) is 2. The number of rotatable bonds is 6. The number of carboxylic acid groups (broad SMARTS) is 1. The van der Waals surface area contributed by atoms with Gasteiger partial charge in [-0.1, -0.05) is 35.3 Å². The molecule has 0 atom stereocenters. The number of hydrogen-bond acceptors (Lipinski definition) is 7. The van der Waals surface area contributed by atoms with Gasteiger partial charge in [0.25, 0.3) is 11.8 Å². The van der Waals surface area contributed by atoms with Crippen LogP contribution in [0.5, 0.6) is 11.5 Å². The molecule has 1 aliphatic rings. The van der Waals surface area contributed by atoms with Gasteiger partial charge in [0.05, 0.1) is 28.8 Å². The van der Waals surface area contributed by atoms with E-state index in [2.05, 4.69) is 5.32 Å². The van der Waals surface area contributed by atoms with Crippen LogP contribution in [0.2, 0.25) is 10.0 Å². The van der Waals surface area contributed by atoms with Gasteiger partial charge in [-0.15, -0.1) is 0 Å². The fourth-order valence-electron chi connectivity index (χ4n) is 2.74. The molecule has 0 bridgehead atoms. The van der Waals surface area contributed by atoms with E-state index in [1.54, 1.807) is 18.2 Å². The minimum Gasteiger partial charge on any atom is -0.546 e. The Hall–Kier alpha value is -3.14. The van der Waals surface area contributed by atoms with E-state index in [9.17, 15) is 19.5 Å².